The van der Waals surface area contributed by atoms with Gasteiger partial charge in [0.25, 0.3) is 0 Å². The van der Waals surface area contributed by atoms with Gasteiger partial charge in [-0.3, -0.25) is 0 Å². The molecule has 0 aliphatic heterocycles. The van der Waals surface area contributed by atoms with Crippen LogP contribution in [0.2, 0.25) is 0 Å². The molecule has 0 aliphatic rings. The van der Waals surface area contributed by atoms with Crippen LogP contribution in [0.1, 0.15) is 22.3 Å². The molecule has 0 fully saturated rings. The molecular formula is C42H24N4O2. The van der Waals surface area contributed by atoms with E-state index in [4.69, 9.17) is 9.47 Å². The lowest BCUT2D eigenvalue weighted by molar-refractivity contribution is 0.476. The molecule has 0 N–H and O–H groups in total. The average molecular weight is 617 g/mol. The van der Waals surface area contributed by atoms with E-state index in [0.29, 0.717) is 22.6 Å². The molecule has 0 aromatic heterocycles. The summed E-state index contributed by atoms with van der Waals surface area (Å²) in [6.07, 6.45) is 0. The van der Waals surface area contributed by atoms with Crippen LogP contribution in [0.15, 0.2) is 146 Å². The summed E-state index contributed by atoms with van der Waals surface area (Å²) in [5.41, 5.74) is 2.13. The predicted molar refractivity (Wildman–Crippen MR) is 185 cm³/mol. The SMILES string of the molecule is N#Cc1cccc(Oc2ccc3ccccc3c2-c2c(Oc3cccc(C#N)c3C#N)ccc3ccccc23)c1C#N.c1ccccc1. The van der Waals surface area contributed by atoms with Crippen molar-refractivity contribution in [3.8, 4) is 58.4 Å². The van der Waals surface area contributed by atoms with Crippen molar-refractivity contribution in [1.82, 2.24) is 0 Å². The van der Waals surface area contributed by atoms with Crippen molar-refractivity contribution in [2.45, 2.75) is 0 Å². The molecule has 0 bridgehead atoms. The van der Waals surface area contributed by atoms with Gasteiger partial charge < -0.3 is 9.47 Å². The number of ether oxygens (including phenoxy) is 2. The van der Waals surface area contributed by atoms with Crippen LogP contribution in [0.25, 0.3) is 32.7 Å². The van der Waals surface area contributed by atoms with E-state index in [9.17, 15) is 21.0 Å². The number of fused-ring (bicyclic) bond motifs is 2. The maximum Gasteiger partial charge on any atom is 0.146 e. The van der Waals surface area contributed by atoms with Gasteiger partial charge in [0.2, 0.25) is 0 Å². The average Bonchev–Trinajstić information content (AvgIpc) is 3.15. The van der Waals surface area contributed by atoms with Gasteiger partial charge in [0.05, 0.1) is 11.1 Å². The molecule has 0 atom stereocenters. The Morgan fingerprint density at radius 1 is 0.333 bits per heavy atom. The zero-order chi connectivity index (χ0) is 33.3. The Hall–Kier alpha value is -7.38. The lowest BCUT2D eigenvalue weighted by Gasteiger charge is -2.20. The molecule has 0 heterocycles. The van der Waals surface area contributed by atoms with E-state index < -0.39 is 0 Å². The minimum absolute atomic E-state index is 0.139. The second-order valence-corrected chi connectivity index (χ2v) is 10.5. The topological polar surface area (TPSA) is 114 Å². The van der Waals surface area contributed by atoms with Crippen LogP contribution in [-0.2, 0) is 0 Å². The second-order valence-electron chi connectivity index (χ2n) is 10.5. The van der Waals surface area contributed by atoms with Crippen molar-refractivity contribution in [2.24, 2.45) is 0 Å². The molecule has 0 saturated heterocycles. The molecule has 0 spiro atoms. The molecule has 7 rings (SSSR count). The zero-order valence-corrected chi connectivity index (χ0v) is 25.5. The van der Waals surface area contributed by atoms with Gasteiger partial charge in [-0.05, 0) is 57.9 Å². The fraction of sp³-hybridized carbons (Fsp3) is 0. The molecule has 0 amide bonds. The molecule has 6 heteroatoms. The summed E-state index contributed by atoms with van der Waals surface area (Å²) in [6, 6.07) is 53.4. The van der Waals surface area contributed by atoms with Crippen LogP contribution in [0, 0.1) is 45.3 Å². The van der Waals surface area contributed by atoms with E-state index in [1.807, 2.05) is 109 Å². The Kier molecular flexibility index (Phi) is 9.03. The Morgan fingerprint density at radius 3 is 1.10 bits per heavy atom. The second kappa shape index (κ2) is 14.2. The van der Waals surface area contributed by atoms with E-state index >= 15 is 0 Å². The molecular weight excluding hydrogens is 592 g/mol. The van der Waals surface area contributed by atoms with Gasteiger partial charge in [-0.15, -0.1) is 0 Å². The normalized spacial score (nSPS) is 10.0. The molecule has 6 nitrogen and oxygen atoms in total. The van der Waals surface area contributed by atoms with Crippen LogP contribution in [0.4, 0.5) is 0 Å². The third kappa shape index (κ3) is 6.10. The highest BCUT2D eigenvalue weighted by Crippen LogP contribution is 2.48. The summed E-state index contributed by atoms with van der Waals surface area (Å²) < 4.78 is 12.9. The fourth-order valence-corrected chi connectivity index (χ4v) is 5.46. The summed E-state index contributed by atoms with van der Waals surface area (Å²) in [4.78, 5) is 0. The molecule has 224 valence electrons. The quantitative estimate of drug-likeness (QED) is 0.190. The molecule has 0 radical (unpaired) electrons. The van der Waals surface area contributed by atoms with Gasteiger partial charge in [-0.2, -0.15) is 21.0 Å². The maximum absolute atomic E-state index is 9.86. The third-order valence-electron chi connectivity index (χ3n) is 7.66. The first-order valence-electron chi connectivity index (χ1n) is 14.9. The summed E-state index contributed by atoms with van der Waals surface area (Å²) in [5.74, 6) is 1.41. The van der Waals surface area contributed by atoms with Crippen molar-refractivity contribution in [3.63, 3.8) is 0 Å². The largest absolute Gasteiger partial charge is 0.455 e. The van der Waals surface area contributed by atoms with E-state index in [-0.39, 0.29) is 33.8 Å². The summed E-state index contributed by atoms with van der Waals surface area (Å²) in [5, 5.41) is 42.5. The number of hydrogen-bond acceptors (Lipinski definition) is 6. The lowest BCUT2D eigenvalue weighted by atomic mass is 9.92. The minimum Gasteiger partial charge on any atom is -0.455 e. The zero-order valence-electron chi connectivity index (χ0n) is 25.5. The van der Waals surface area contributed by atoms with E-state index in [1.54, 1.807) is 36.4 Å². The Labute approximate surface area is 277 Å². The van der Waals surface area contributed by atoms with Crippen molar-refractivity contribution < 1.29 is 9.47 Å². The van der Waals surface area contributed by atoms with Gasteiger partial charge in [-0.1, -0.05) is 109 Å². The van der Waals surface area contributed by atoms with Gasteiger partial charge in [0, 0.05) is 11.1 Å². The third-order valence-corrected chi connectivity index (χ3v) is 7.66. The van der Waals surface area contributed by atoms with Crippen LogP contribution < -0.4 is 9.47 Å². The highest BCUT2D eigenvalue weighted by molar-refractivity contribution is 6.10. The van der Waals surface area contributed by atoms with Crippen LogP contribution >= 0.6 is 0 Å². The van der Waals surface area contributed by atoms with E-state index in [1.165, 1.54) is 0 Å². The van der Waals surface area contributed by atoms with Crippen molar-refractivity contribution in [1.29, 1.82) is 21.0 Å². The first-order valence-corrected chi connectivity index (χ1v) is 14.9. The smallest absolute Gasteiger partial charge is 0.146 e. The number of rotatable bonds is 5. The van der Waals surface area contributed by atoms with Crippen molar-refractivity contribution >= 4 is 21.5 Å². The van der Waals surface area contributed by atoms with E-state index in [0.717, 1.165) is 21.5 Å². The number of hydrogen-bond donors (Lipinski definition) is 0. The Bertz CT molecular complexity index is 2280. The van der Waals surface area contributed by atoms with Gasteiger partial charge in [0.1, 0.15) is 58.4 Å². The highest BCUT2D eigenvalue weighted by Gasteiger charge is 2.22. The van der Waals surface area contributed by atoms with Gasteiger partial charge >= 0.3 is 0 Å². The predicted octanol–water partition coefficient (Wildman–Crippen LogP) is 10.4. The molecule has 0 aliphatic carbocycles. The summed E-state index contributed by atoms with van der Waals surface area (Å²) in [6.45, 7) is 0. The first-order chi connectivity index (χ1) is 23.7. The van der Waals surface area contributed by atoms with Crippen LogP contribution in [0.5, 0.6) is 23.0 Å². The number of nitrogens with zero attached hydrogens (tertiary/aromatic N) is 4. The monoisotopic (exact) mass is 616 g/mol. The maximum atomic E-state index is 9.86. The minimum atomic E-state index is 0.139. The van der Waals surface area contributed by atoms with Crippen LogP contribution in [-0.4, -0.2) is 0 Å². The Balaban J connectivity index is 0.000000604. The van der Waals surface area contributed by atoms with Crippen molar-refractivity contribution in [3.05, 3.63) is 168 Å². The summed E-state index contributed by atoms with van der Waals surface area (Å²) >= 11 is 0. The lowest BCUT2D eigenvalue weighted by Crippen LogP contribution is -1.98. The Morgan fingerprint density at radius 2 is 0.729 bits per heavy atom. The molecule has 7 aromatic rings. The summed E-state index contributed by atoms with van der Waals surface area (Å²) in [7, 11) is 0. The molecule has 7 aromatic carbocycles. The van der Waals surface area contributed by atoms with E-state index in [2.05, 4.69) is 24.3 Å². The first kappa shape index (κ1) is 30.6. The highest BCUT2D eigenvalue weighted by atomic mass is 16.5. The molecule has 0 saturated carbocycles. The fourth-order valence-electron chi connectivity index (χ4n) is 5.46. The number of nitriles is 4. The van der Waals surface area contributed by atoms with Crippen molar-refractivity contribution in [2.75, 3.05) is 0 Å². The number of benzene rings is 7. The standard InChI is InChI=1S/C36H18N4O2.C6H6/c37-19-25-9-5-13-31(29(25)21-39)41-33-17-15-23-7-1-3-11-27(23)35(33)36-28-12-4-2-8-24(28)16-18-34(36)42-32-14-6-10-26(20-38)30(32)22-40;1-2-4-6-5-3-1/h1-18H;1-6H. The molecule has 48 heavy (non-hydrogen) atoms. The van der Waals surface area contributed by atoms with Crippen LogP contribution in [0.3, 0.4) is 0 Å². The molecule has 0 unspecified atom stereocenters. The van der Waals surface area contributed by atoms with Gasteiger partial charge in [0.15, 0.2) is 0 Å². The van der Waals surface area contributed by atoms with Gasteiger partial charge in [-0.25, -0.2) is 0 Å².